The van der Waals surface area contributed by atoms with Crippen LogP contribution in [0.5, 0.6) is 0 Å². The molecular formula is C20H22IN7O3. The van der Waals surface area contributed by atoms with Gasteiger partial charge in [-0.3, -0.25) is 9.13 Å². The second-order valence-corrected chi connectivity index (χ2v) is 8.63. The van der Waals surface area contributed by atoms with Gasteiger partial charge < -0.3 is 19.8 Å². The highest BCUT2D eigenvalue weighted by Gasteiger charge is 2.24. The number of ether oxygens (including phenoxy) is 2. The van der Waals surface area contributed by atoms with E-state index in [1.54, 1.807) is 18.0 Å². The number of hydrogen-bond acceptors (Lipinski definition) is 7. The number of methoxy groups -OCH3 is 1. The zero-order chi connectivity index (χ0) is 21.4. The van der Waals surface area contributed by atoms with Gasteiger partial charge in [0, 0.05) is 36.5 Å². The average molecular weight is 535 g/mol. The molecule has 1 aliphatic heterocycles. The van der Waals surface area contributed by atoms with Crippen LogP contribution in [0.25, 0.3) is 28.1 Å². The summed E-state index contributed by atoms with van der Waals surface area (Å²) >= 11 is 2.27. The molecule has 1 saturated heterocycles. The summed E-state index contributed by atoms with van der Waals surface area (Å²) in [6.07, 6.45) is 3.25. The van der Waals surface area contributed by atoms with Gasteiger partial charge >= 0.3 is 5.69 Å². The van der Waals surface area contributed by atoms with Crippen molar-refractivity contribution < 1.29 is 9.47 Å². The fourth-order valence-electron chi connectivity index (χ4n) is 3.92. The fourth-order valence-corrected chi connectivity index (χ4v) is 4.39. The molecular weight excluding hydrogens is 513 g/mol. The van der Waals surface area contributed by atoms with E-state index >= 15 is 0 Å². The molecule has 5 rings (SSSR count). The Labute approximate surface area is 191 Å². The molecule has 1 aromatic carbocycles. The number of aromatic nitrogens is 6. The van der Waals surface area contributed by atoms with Crippen LogP contribution in [0.1, 0.15) is 18.9 Å². The molecule has 11 heteroatoms. The lowest BCUT2D eigenvalue weighted by atomic mass is 10.1. The third kappa shape index (κ3) is 3.81. The van der Waals surface area contributed by atoms with Crippen molar-refractivity contribution in [2.24, 2.45) is 0 Å². The largest absolute Gasteiger partial charge is 0.383 e. The maximum Gasteiger partial charge on any atom is 0.328 e. The van der Waals surface area contributed by atoms with Crippen molar-refractivity contribution in [3.05, 3.63) is 38.6 Å². The van der Waals surface area contributed by atoms with Crippen LogP contribution in [0, 0.1) is 3.57 Å². The molecule has 31 heavy (non-hydrogen) atoms. The smallest absolute Gasteiger partial charge is 0.328 e. The van der Waals surface area contributed by atoms with Crippen molar-refractivity contribution in [3.8, 4) is 5.95 Å². The number of fused-ring (bicyclic) bond motifs is 2. The number of aromatic amines is 1. The topological polar surface area (TPSA) is 112 Å². The van der Waals surface area contributed by atoms with Gasteiger partial charge in [0.15, 0.2) is 11.5 Å². The summed E-state index contributed by atoms with van der Waals surface area (Å²) in [5.41, 5.74) is 2.75. The number of rotatable bonds is 6. The van der Waals surface area contributed by atoms with Crippen molar-refractivity contribution in [2.45, 2.75) is 18.9 Å². The number of hydrogen-bond donors (Lipinski definition) is 2. The van der Waals surface area contributed by atoms with Gasteiger partial charge in [-0.15, -0.1) is 0 Å². The monoisotopic (exact) mass is 535 g/mol. The van der Waals surface area contributed by atoms with Gasteiger partial charge in [-0.1, -0.05) is 0 Å². The Balaban J connectivity index is 1.70. The van der Waals surface area contributed by atoms with Gasteiger partial charge in [0.1, 0.15) is 11.8 Å². The molecule has 10 nitrogen and oxygen atoms in total. The van der Waals surface area contributed by atoms with Crippen LogP contribution >= 0.6 is 22.6 Å². The van der Waals surface area contributed by atoms with Crippen molar-refractivity contribution >= 4 is 50.6 Å². The predicted octanol–water partition coefficient (Wildman–Crippen LogP) is 2.47. The summed E-state index contributed by atoms with van der Waals surface area (Å²) < 4.78 is 15.3. The Morgan fingerprint density at radius 3 is 2.97 bits per heavy atom. The van der Waals surface area contributed by atoms with Crippen LogP contribution in [0.2, 0.25) is 0 Å². The van der Waals surface area contributed by atoms with Gasteiger partial charge in [0.2, 0.25) is 5.95 Å². The Morgan fingerprint density at radius 1 is 1.32 bits per heavy atom. The Kier molecular flexibility index (Phi) is 5.63. The molecule has 4 heterocycles. The van der Waals surface area contributed by atoms with Crippen LogP contribution in [-0.2, 0) is 9.47 Å². The number of anilines is 1. The van der Waals surface area contributed by atoms with Crippen molar-refractivity contribution in [3.63, 3.8) is 0 Å². The van der Waals surface area contributed by atoms with E-state index in [1.165, 1.54) is 0 Å². The van der Waals surface area contributed by atoms with Gasteiger partial charge in [-0.2, -0.15) is 9.97 Å². The van der Waals surface area contributed by atoms with Crippen LogP contribution < -0.4 is 11.0 Å². The van der Waals surface area contributed by atoms with Crippen molar-refractivity contribution in [1.29, 1.82) is 0 Å². The van der Waals surface area contributed by atoms with Crippen LogP contribution in [0.15, 0.2) is 29.3 Å². The predicted molar refractivity (Wildman–Crippen MR) is 125 cm³/mol. The molecule has 0 spiro atoms. The van der Waals surface area contributed by atoms with E-state index < -0.39 is 0 Å². The standard InChI is InChI=1S/C20H22IN7O3/c1-30-9-6-22-17-16-18(28(20(29)24-16)13-4-7-31-8-5-13)26-19(25-17)27-11-23-14-3-2-12(21)10-15(14)27/h2-3,10-11,13H,4-9H2,1H3,(H,24,29)(H,22,25,26). The molecule has 0 aliphatic carbocycles. The summed E-state index contributed by atoms with van der Waals surface area (Å²) in [5, 5.41) is 3.27. The highest BCUT2D eigenvalue weighted by atomic mass is 127. The third-order valence-corrected chi connectivity index (χ3v) is 6.11. The Hall–Kier alpha value is -2.51. The zero-order valence-electron chi connectivity index (χ0n) is 17.0. The number of nitrogens with one attached hydrogen (secondary N) is 2. The van der Waals surface area contributed by atoms with E-state index in [9.17, 15) is 4.79 Å². The fraction of sp³-hybridized carbons (Fsp3) is 0.400. The molecule has 0 unspecified atom stereocenters. The summed E-state index contributed by atoms with van der Waals surface area (Å²) in [6.45, 7) is 2.32. The molecule has 0 bridgehead atoms. The minimum Gasteiger partial charge on any atom is -0.383 e. The minimum absolute atomic E-state index is 0.0325. The lowest BCUT2D eigenvalue weighted by molar-refractivity contribution is 0.0697. The summed E-state index contributed by atoms with van der Waals surface area (Å²) in [6, 6.07) is 6.05. The zero-order valence-corrected chi connectivity index (χ0v) is 19.1. The van der Waals surface area contributed by atoms with Crippen LogP contribution in [0.4, 0.5) is 5.82 Å². The molecule has 2 N–H and O–H groups in total. The molecule has 0 atom stereocenters. The van der Waals surface area contributed by atoms with Crippen LogP contribution in [-0.4, -0.2) is 62.5 Å². The number of halogens is 1. The second-order valence-electron chi connectivity index (χ2n) is 7.38. The molecule has 162 valence electrons. The van der Waals surface area contributed by atoms with Gasteiger partial charge in [0.05, 0.1) is 17.6 Å². The third-order valence-electron chi connectivity index (χ3n) is 5.44. The second kappa shape index (κ2) is 8.55. The number of nitrogens with zero attached hydrogens (tertiary/aromatic N) is 5. The first-order valence-corrected chi connectivity index (χ1v) is 11.2. The molecule has 3 aromatic heterocycles. The first-order chi connectivity index (χ1) is 15.2. The maximum absolute atomic E-state index is 12.9. The summed E-state index contributed by atoms with van der Waals surface area (Å²) in [4.78, 5) is 29.9. The number of imidazole rings is 2. The average Bonchev–Trinajstić information content (AvgIpc) is 3.34. The number of H-pyrrole nitrogens is 1. The Bertz CT molecular complexity index is 1290. The summed E-state index contributed by atoms with van der Waals surface area (Å²) in [7, 11) is 1.64. The van der Waals surface area contributed by atoms with E-state index in [0.29, 0.717) is 49.3 Å². The molecule has 4 aromatic rings. The minimum atomic E-state index is -0.187. The van der Waals surface area contributed by atoms with E-state index in [2.05, 4.69) is 37.9 Å². The number of benzene rings is 1. The van der Waals surface area contributed by atoms with Gasteiger partial charge in [-0.05, 0) is 53.6 Å². The van der Waals surface area contributed by atoms with E-state index in [0.717, 1.165) is 27.4 Å². The van der Waals surface area contributed by atoms with Crippen molar-refractivity contribution in [1.82, 2.24) is 29.1 Å². The lowest BCUT2D eigenvalue weighted by Crippen LogP contribution is -2.27. The Morgan fingerprint density at radius 2 is 2.16 bits per heavy atom. The molecule has 1 aliphatic rings. The molecule has 0 amide bonds. The van der Waals surface area contributed by atoms with Gasteiger partial charge in [-0.25, -0.2) is 9.78 Å². The van der Waals surface area contributed by atoms with Crippen LogP contribution in [0.3, 0.4) is 0 Å². The lowest BCUT2D eigenvalue weighted by Gasteiger charge is -2.23. The molecule has 0 saturated carbocycles. The van der Waals surface area contributed by atoms with E-state index in [1.807, 2.05) is 22.8 Å². The summed E-state index contributed by atoms with van der Waals surface area (Å²) in [5.74, 6) is 1.02. The van der Waals surface area contributed by atoms with E-state index in [-0.39, 0.29) is 11.7 Å². The molecule has 1 fully saturated rings. The molecule has 0 radical (unpaired) electrons. The quantitative estimate of drug-likeness (QED) is 0.288. The first-order valence-electron chi connectivity index (χ1n) is 10.1. The SMILES string of the molecule is COCCNc1nc(-n2cnc3ccc(I)cc32)nc2c1[nH]c(=O)n2C1CCOCC1. The first kappa shape index (κ1) is 20.4. The normalized spacial score (nSPS) is 15.2. The highest BCUT2D eigenvalue weighted by molar-refractivity contribution is 14.1. The maximum atomic E-state index is 12.9. The van der Waals surface area contributed by atoms with Crippen molar-refractivity contribution in [2.75, 3.05) is 38.8 Å². The highest BCUT2D eigenvalue weighted by Crippen LogP contribution is 2.27. The van der Waals surface area contributed by atoms with Gasteiger partial charge in [0.25, 0.3) is 0 Å². The van der Waals surface area contributed by atoms with E-state index in [4.69, 9.17) is 19.4 Å².